The van der Waals surface area contributed by atoms with Gasteiger partial charge in [-0.05, 0) is 56.5 Å². The van der Waals surface area contributed by atoms with Crippen LogP contribution in [0.15, 0.2) is 47.8 Å². The number of anilines is 1. The van der Waals surface area contributed by atoms with Crippen molar-refractivity contribution in [1.29, 1.82) is 0 Å². The first kappa shape index (κ1) is 22.3. The van der Waals surface area contributed by atoms with E-state index in [1.165, 1.54) is 0 Å². The van der Waals surface area contributed by atoms with Crippen LogP contribution in [-0.2, 0) is 9.53 Å². The molecule has 3 rings (SSSR count). The Balaban J connectivity index is 1.59. The lowest BCUT2D eigenvalue weighted by molar-refractivity contribution is -0.119. The maximum absolute atomic E-state index is 12.4. The number of pyridine rings is 1. The Hall–Kier alpha value is -3.39. The molecule has 0 bridgehead atoms. The Morgan fingerprint density at radius 2 is 1.81 bits per heavy atom. The van der Waals surface area contributed by atoms with E-state index in [-0.39, 0.29) is 0 Å². The standard InChI is InChI=1S/C23H24N2O5S/c1-4-28-19-11-8-16(13-20(19)29-5-2)25-22(26)14-30-23(27)17-9-10-18(24-15(17)3)21-7-6-12-31-21/h6-13H,4-5,14H2,1-3H3,(H,25,26). The molecular formula is C23H24N2O5S. The molecule has 0 atom stereocenters. The molecule has 8 heteroatoms. The third kappa shape index (κ3) is 5.82. The first-order chi connectivity index (χ1) is 15.0. The summed E-state index contributed by atoms with van der Waals surface area (Å²) in [4.78, 5) is 30.1. The quantitative estimate of drug-likeness (QED) is 0.485. The Kier molecular flexibility index (Phi) is 7.61. The van der Waals surface area contributed by atoms with Gasteiger partial charge >= 0.3 is 5.97 Å². The highest BCUT2D eigenvalue weighted by atomic mass is 32.1. The molecule has 3 aromatic rings. The first-order valence-corrected chi connectivity index (χ1v) is 10.8. The highest BCUT2D eigenvalue weighted by Crippen LogP contribution is 2.30. The number of hydrogen-bond donors (Lipinski definition) is 1. The molecule has 0 unspecified atom stereocenters. The predicted molar refractivity (Wildman–Crippen MR) is 120 cm³/mol. The van der Waals surface area contributed by atoms with Gasteiger partial charge in [0.05, 0.1) is 35.0 Å². The fourth-order valence-corrected chi connectivity index (χ4v) is 3.57. The summed E-state index contributed by atoms with van der Waals surface area (Å²) in [5.41, 5.74) is 2.19. The van der Waals surface area contributed by atoms with Gasteiger partial charge in [-0.1, -0.05) is 6.07 Å². The molecule has 2 aromatic heterocycles. The van der Waals surface area contributed by atoms with E-state index in [9.17, 15) is 9.59 Å². The highest BCUT2D eigenvalue weighted by molar-refractivity contribution is 7.13. The number of amides is 1. The molecule has 2 heterocycles. The zero-order chi connectivity index (χ0) is 22.2. The number of aromatic nitrogens is 1. The molecule has 1 N–H and O–H groups in total. The van der Waals surface area contributed by atoms with E-state index in [1.807, 2.05) is 31.4 Å². The summed E-state index contributed by atoms with van der Waals surface area (Å²) >= 11 is 1.57. The molecule has 0 spiro atoms. The molecule has 1 aromatic carbocycles. The van der Waals surface area contributed by atoms with Crippen LogP contribution in [0.3, 0.4) is 0 Å². The number of carbonyl (C=O) groups excluding carboxylic acids is 2. The van der Waals surface area contributed by atoms with E-state index in [0.29, 0.717) is 41.7 Å². The maximum Gasteiger partial charge on any atom is 0.340 e. The van der Waals surface area contributed by atoms with Crippen LogP contribution in [0.1, 0.15) is 29.9 Å². The average molecular weight is 441 g/mol. The summed E-state index contributed by atoms with van der Waals surface area (Å²) in [6.07, 6.45) is 0. The zero-order valence-electron chi connectivity index (χ0n) is 17.6. The van der Waals surface area contributed by atoms with Gasteiger partial charge in [-0.25, -0.2) is 4.79 Å². The molecule has 162 valence electrons. The Bertz CT molecular complexity index is 1050. The van der Waals surface area contributed by atoms with E-state index < -0.39 is 18.5 Å². The SMILES string of the molecule is CCOc1ccc(NC(=O)COC(=O)c2ccc(-c3cccs3)nc2C)cc1OCC. The second kappa shape index (κ2) is 10.6. The van der Waals surface area contributed by atoms with Gasteiger partial charge < -0.3 is 19.5 Å². The minimum Gasteiger partial charge on any atom is -0.490 e. The van der Waals surface area contributed by atoms with Gasteiger partial charge in [-0.2, -0.15) is 0 Å². The van der Waals surface area contributed by atoms with Crippen molar-refractivity contribution in [1.82, 2.24) is 4.98 Å². The lowest BCUT2D eigenvalue weighted by atomic mass is 10.2. The van der Waals surface area contributed by atoms with Crippen LogP contribution in [0.5, 0.6) is 11.5 Å². The van der Waals surface area contributed by atoms with Crippen molar-refractivity contribution in [2.24, 2.45) is 0 Å². The number of nitrogens with one attached hydrogen (secondary N) is 1. The molecule has 0 fully saturated rings. The predicted octanol–water partition coefficient (Wildman–Crippen LogP) is 4.71. The second-order valence-corrected chi connectivity index (χ2v) is 7.41. The summed E-state index contributed by atoms with van der Waals surface area (Å²) in [6.45, 7) is 6.04. The third-order valence-electron chi connectivity index (χ3n) is 4.24. The van der Waals surface area contributed by atoms with Crippen molar-refractivity contribution in [2.75, 3.05) is 25.1 Å². The molecule has 0 saturated heterocycles. The Morgan fingerprint density at radius 1 is 1.03 bits per heavy atom. The topological polar surface area (TPSA) is 86.8 Å². The monoisotopic (exact) mass is 440 g/mol. The first-order valence-electron chi connectivity index (χ1n) is 9.90. The second-order valence-electron chi connectivity index (χ2n) is 6.46. The highest BCUT2D eigenvalue weighted by Gasteiger charge is 2.15. The van der Waals surface area contributed by atoms with Crippen LogP contribution in [0.4, 0.5) is 5.69 Å². The summed E-state index contributed by atoms with van der Waals surface area (Å²) in [5.74, 6) is 0.0785. The smallest absolute Gasteiger partial charge is 0.340 e. The van der Waals surface area contributed by atoms with Crippen LogP contribution >= 0.6 is 11.3 Å². The third-order valence-corrected chi connectivity index (χ3v) is 5.13. The van der Waals surface area contributed by atoms with Crippen LogP contribution < -0.4 is 14.8 Å². The number of benzene rings is 1. The normalized spacial score (nSPS) is 10.4. The van der Waals surface area contributed by atoms with Crippen LogP contribution in [-0.4, -0.2) is 36.7 Å². The van der Waals surface area contributed by atoms with Crippen molar-refractivity contribution in [3.8, 4) is 22.1 Å². The number of thiophene rings is 1. The van der Waals surface area contributed by atoms with Crippen molar-refractivity contribution in [3.63, 3.8) is 0 Å². The van der Waals surface area contributed by atoms with Crippen LogP contribution in [0.25, 0.3) is 10.6 Å². The Labute approximate surface area is 185 Å². The largest absolute Gasteiger partial charge is 0.490 e. The van der Waals surface area contributed by atoms with Gasteiger partial charge in [0.15, 0.2) is 18.1 Å². The van der Waals surface area contributed by atoms with E-state index >= 15 is 0 Å². The molecule has 31 heavy (non-hydrogen) atoms. The van der Waals surface area contributed by atoms with Gasteiger partial charge in [-0.15, -0.1) is 11.3 Å². The van der Waals surface area contributed by atoms with Crippen molar-refractivity contribution in [3.05, 3.63) is 59.1 Å². The average Bonchev–Trinajstić information content (AvgIpc) is 3.29. The van der Waals surface area contributed by atoms with Crippen molar-refractivity contribution in [2.45, 2.75) is 20.8 Å². The summed E-state index contributed by atoms with van der Waals surface area (Å²) < 4.78 is 16.2. The lowest BCUT2D eigenvalue weighted by Crippen LogP contribution is -2.21. The van der Waals surface area contributed by atoms with Gasteiger partial charge in [0.2, 0.25) is 0 Å². The van der Waals surface area contributed by atoms with E-state index in [0.717, 1.165) is 10.6 Å². The van der Waals surface area contributed by atoms with Gasteiger partial charge in [0, 0.05) is 11.8 Å². The van der Waals surface area contributed by atoms with E-state index in [1.54, 1.807) is 48.6 Å². The van der Waals surface area contributed by atoms with E-state index in [2.05, 4.69) is 10.3 Å². The van der Waals surface area contributed by atoms with Crippen LogP contribution in [0, 0.1) is 6.92 Å². The summed E-state index contributed by atoms with van der Waals surface area (Å²) in [5, 5.41) is 4.66. The maximum atomic E-state index is 12.4. The number of aryl methyl sites for hydroxylation is 1. The molecule has 0 aliphatic rings. The molecule has 1 amide bonds. The molecular weight excluding hydrogens is 416 g/mol. The molecule has 7 nitrogen and oxygen atoms in total. The summed E-state index contributed by atoms with van der Waals surface area (Å²) in [6, 6.07) is 12.4. The minimum atomic E-state index is -0.598. The number of esters is 1. The number of ether oxygens (including phenoxy) is 3. The molecule has 0 saturated carbocycles. The number of nitrogens with zero attached hydrogens (tertiary/aromatic N) is 1. The number of rotatable bonds is 9. The number of carbonyl (C=O) groups is 2. The van der Waals surface area contributed by atoms with Crippen molar-refractivity contribution >= 4 is 28.9 Å². The van der Waals surface area contributed by atoms with Gasteiger partial charge in [-0.3, -0.25) is 9.78 Å². The molecule has 0 aliphatic heterocycles. The summed E-state index contributed by atoms with van der Waals surface area (Å²) in [7, 11) is 0. The van der Waals surface area contributed by atoms with Crippen molar-refractivity contribution < 1.29 is 23.8 Å². The van der Waals surface area contributed by atoms with E-state index in [4.69, 9.17) is 14.2 Å². The lowest BCUT2D eigenvalue weighted by Gasteiger charge is -2.13. The minimum absolute atomic E-state index is 0.327. The van der Waals surface area contributed by atoms with Crippen LogP contribution in [0.2, 0.25) is 0 Å². The van der Waals surface area contributed by atoms with Gasteiger partial charge in [0.25, 0.3) is 5.91 Å². The zero-order valence-corrected chi connectivity index (χ0v) is 18.5. The van der Waals surface area contributed by atoms with Gasteiger partial charge in [0.1, 0.15) is 0 Å². The Morgan fingerprint density at radius 3 is 2.48 bits per heavy atom. The molecule has 0 aliphatic carbocycles. The fourth-order valence-electron chi connectivity index (χ4n) is 2.87. The number of hydrogen-bond acceptors (Lipinski definition) is 7. The molecule has 0 radical (unpaired) electrons. The fraction of sp³-hybridized carbons (Fsp3) is 0.261.